The van der Waals surface area contributed by atoms with E-state index in [1.807, 2.05) is 48.6 Å². The molecule has 4 N–H and O–H groups in total. The molecular weight excluding hydrogens is 824 g/mol. The van der Waals surface area contributed by atoms with Crippen LogP contribution in [-0.2, 0) is 17.1 Å². The average molecular weight is 852 g/mol. The number of carboxylic acid groups (broad SMARTS) is 4. The summed E-state index contributed by atoms with van der Waals surface area (Å²) in [5.74, 6) is -4.30. The average Bonchev–Trinajstić information content (AvgIpc) is 4.10. The van der Waals surface area contributed by atoms with Crippen LogP contribution in [0.2, 0.25) is 0 Å². The number of aromatic carboxylic acids is 4. The fourth-order valence-electron chi connectivity index (χ4n) is 7.39. The van der Waals surface area contributed by atoms with E-state index >= 15 is 0 Å². The van der Waals surface area contributed by atoms with Gasteiger partial charge in [0.1, 0.15) is 0 Å². The van der Waals surface area contributed by atoms with E-state index in [2.05, 4.69) is 0 Å². The third kappa shape index (κ3) is 7.42. The van der Waals surface area contributed by atoms with Crippen LogP contribution >= 0.6 is 0 Å². The van der Waals surface area contributed by atoms with Crippen molar-refractivity contribution in [2.45, 2.75) is 0 Å². The van der Waals surface area contributed by atoms with Crippen LogP contribution in [0.1, 0.15) is 64.2 Å². The number of hydrogen-bond donors (Lipinski definition) is 4. The largest absolute Gasteiger partial charge is 2.00 e. The standard InChI is InChI=1S/C48H30N4O8.Cu/c53-45(54)29-9-1-25(2-10-29)41-33-17-19-35(49-33)42(26-3-11-30(12-4-26)46(55)56)37-21-23-39(51-37)44(28-7-15-32(16-8-28)48(59)60)40-24-22-38(52-40)43(36-20-18-34(41)50-36)27-5-13-31(14-6-27)47(57)58;/h1-24H,(H6,49,50,51,52,53,54,55,56,57,58,59,60);/q;+2/p-2. The topological polar surface area (TPSA) is 203 Å². The zero-order valence-electron chi connectivity index (χ0n) is 31.4. The molecule has 299 valence electrons. The van der Waals surface area contributed by atoms with Crippen molar-refractivity contribution in [3.8, 4) is 44.5 Å². The van der Waals surface area contributed by atoms with Crippen molar-refractivity contribution in [1.82, 2.24) is 19.9 Å². The summed E-state index contributed by atoms with van der Waals surface area (Å²) in [4.78, 5) is 67.8. The molecule has 2 aliphatic rings. The molecule has 61 heavy (non-hydrogen) atoms. The first kappa shape index (κ1) is 39.7. The number of carboxylic acids is 4. The molecule has 0 atom stereocenters. The zero-order chi connectivity index (χ0) is 41.7. The van der Waals surface area contributed by atoms with Gasteiger partial charge in [-0.05, 0) is 117 Å². The van der Waals surface area contributed by atoms with Crippen molar-refractivity contribution in [2.24, 2.45) is 0 Å². The summed E-state index contributed by atoms with van der Waals surface area (Å²) in [7, 11) is 0. The van der Waals surface area contributed by atoms with Crippen molar-refractivity contribution in [3.05, 3.63) is 166 Å². The molecule has 7 aromatic rings. The molecule has 1 radical (unpaired) electrons. The predicted octanol–water partition coefficient (Wildman–Crippen LogP) is 9.37. The Morgan fingerprint density at radius 3 is 0.705 bits per heavy atom. The summed E-state index contributed by atoms with van der Waals surface area (Å²) in [5, 5.41) is 38.7. The van der Waals surface area contributed by atoms with Gasteiger partial charge < -0.3 is 30.4 Å². The molecule has 0 aliphatic carbocycles. The van der Waals surface area contributed by atoms with Crippen LogP contribution in [0.3, 0.4) is 0 Å². The van der Waals surface area contributed by atoms with E-state index in [-0.39, 0.29) is 39.3 Å². The molecule has 0 fully saturated rings. The Kier molecular flexibility index (Phi) is 10.4. The van der Waals surface area contributed by atoms with Crippen LogP contribution in [-0.4, -0.2) is 54.3 Å². The fraction of sp³-hybridized carbons (Fsp3) is 0. The number of benzene rings is 4. The first-order valence-corrected chi connectivity index (χ1v) is 18.4. The molecule has 2 aliphatic heterocycles. The summed E-state index contributed by atoms with van der Waals surface area (Å²) in [6.45, 7) is 0. The quantitative estimate of drug-likeness (QED) is 0.106. The molecule has 0 unspecified atom stereocenters. The number of fused-ring (bicyclic) bond motifs is 8. The Morgan fingerprint density at radius 1 is 0.328 bits per heavy atom. The first-order chi connectivity index (χ1) is 29.0. The van der Waals surface area contributed by atoms with Crippen molar-refractivity contribution in [2.75, 3.05) is 0 Å². The molecule has 3 aromatic heterocycles. The van der Waals surface area contributed by atoms with Gasteiger partial charge in [0, 0.05) is 0 Å². The minimum absolute atomic E-state index is 0. The molecule has 0 saturated carbocycles. The van der Waals surface area contributed by atoms with Gasteiger partial charge in [-0.25, -0.2) is 29.1 Å². The Hall–Kier alpha value is -8.12. The summed E-state index contributed by atoms with van der Waals surface area (Å²) < 4.78 is 0. The summed E-state index contributed by atoms with van der Waals surface area (Å²) in [5.41, 5.74) is 9.53. The normalized spacial score (nSPS) is 11.5. The van der Waals surface area contributed by atoms with Crippen LogP contribution in [0.5, 0.6) is 0 Å². The third-order valence-electron chi connectivity index (χ3n) is 10.3. The van der Waals surface area contributed by atoms with Crippen molar-refractivity contribution in [3.63, 3.8) is 0 Å². The maximum absolute atomic E-state index is 11.8. The second kappa shape index (κ2) is 15.9. The van der Waals surface area contributed by atoms with E-state index in [0.29, 0.717) is 89.4 Å². The number of rotatable bonds is 8. The van der Waals surface area contributed by atoms with Gasteiger partial charge in [-0.1, -0.05) is 72.8 Å². The van der Waals surface area contributed by atoms with Crippen LogP contribution in [0.4, 0.5) is 0 Å². The smallest absolute Gasteiger partial charge is 0.657 e. The van der Waals surface area contributed by atoms with E-state index in [9.17, 15) is 39.6 Å². The van der Waals surface area contributed by atoms with E-state index in [1.54, 1.807) is 48.5 Å². The van der Waals surface area contributed by atoms with Gasteiger partial charge in [-0.15, -0.1) is 22.1 Å². The van der Waals surface area contributed by atoms with Gasteiger partial charge in [0.2, 0.25) is 0 Å². The minimum atomic E-state index is -1.07. The van der Waals surface area contributed by atoms with Crippen LogP contribution < -0.4 is 9.97 Å². The van der Waals surface area contributed by atoms with E-state index < -0.39 is 23.9 Å². The first-order valence-electron chi connectivity index (χ1n) is 18.4. The second-order valence-electron chi connectivity index (χ2n) is 13.9. The van der Waals surface area contributed by atoms with Crippen LogP contribution in [0.25, 0.3) is 90.9 Å². The van der Waals surface area contributed by atoms with Crippen molar-refractivity contribution >= 4 is 70.2 Å². The van der Waals surface area contributed by atoms with Crippen molar-refractivity contribution < 1.29 is 56.7 Å². The molecule has 4 aromatic carbocycles. The molecule has 9 rings (SSSR count). The molecule has 0 saturated heterocycles. The van der Waals surface area contributed by atoms with Gasteiger partial charge in [0.15, 0.2) is 0 Å². The molecule has 12 nitrogen and oxygen atoms in total. The van der Waals surface area contributed by atoms with Gasteiger partial charge in [-0.3, -0.25) is 0 Å². The predicted molar refractivity (Wildman–Crippen MR) is 226 cm³/mol. The number of nitrogens with zero attached hydrogens (tertiary/aromatic N) is 4. The van der Waals surface area contributed by atoms with Gasteiger partial charge >= 0.3 is 40.9 Å². The SMILES string of the molecule is O=C(O)c1ccc(-c2c3nc(c(-c4ccc(C(=O)O)cc4)c4ccc([n-]4)c(-c4ccc(C(=O)O)cc4)c4nc(c(-c5ccc(C(=O)O)cc5)c5ccc2[n-]5)C=C4)C=C3)cc1.[Cu+2]. The molecule has 5 heterocycles. The maximum atomic E-state index is 11.8. The monoisotopic (exact) mass is 851 g/mol. The number of aromatic nitrogens is 4. The second-order valence-corrected chi connectivity index (χ2v) is 13.9. The van der Waals surface area contributed by atoms with Gasteiger partial charge in [-0.2, -0.15) is 0 Å². The molecule has 0 spiro atoms. The Balaban J connectivity index is 0.00000514. The van der Waals surface area contributed by atoms with Crippen LogP contribution in [0, 0.1) is 0 Å². The van der Waals surface area contributed by atoms with Crippen LogP contribution in [0.15, 0.2) is 121 Å². The zero-order valence-corrected chi connectivity index (χ0v) is 32.3. The Morgan fingerprint density at radius 2 is 0.525 bits per heavy atom. The molecule has 13 heteroatoms. The van der Waals surface area contributed by atoms with E-state index in [0.717, 1.165) is 0 Å². The molecular formula is C48H28CuN4O8. The maximum Gasteiger partial charge on any atom is 2.00 e. The number of hydrogen-bond acceptors (Lipinski definition) is 6. The number of carbonyl (C=O) groups is 4. The minimum Gasteiger partial charge on any atom is -0.657 e. The Bertz CT molecular complexity index is 2760. The molecule has 8 bridgehead atoms. The van der Waals surface area contributed by atoms with E-state index in [4.69, 9.17) is 19.9 Å². The van der Waals surface area contributed by atoms with E-state index in [1.165, 1.54) is 48.5 Å². The third-order valence-corrected chi connectivity index (χ3v) is 10.3. The summed E-state index contributed by atoms with van der Waals surface area (Å²) in [6, 6.07) is 33.0. The van der Waals surface area contributed by atoms with Gasteiger partial charge in [0.25, 0.3) is 0 Å². The molecule has 0 amide bonds. The summed E-state index contributed by atoms with van der Waals surface area (Å²) in [6.07, 6.45) is 7.33. The Labute approximate surface area is 356 Å². The summed E-state index contributed by atoms with van der Waals surface area (Å²) >= 11 is 0. The fourth-order valence-corrected chi connectivity index (χ4v) is 7.39. The van der Waals surface area contributed by atoms with Crippen molar-refractivity contribution in [1.29, 1.82) is 0 Å². The van der Waals surface area contributed by atoms with Gasteiger partial charge in [0.05, 0.1) is 45.0 Å².